The van der Waals surface area contributed by atoms with Crippen molar-refractivity contribution >= 4 is 26.6 Å². The first-order valence-corrected chi connectivity index (χ1v) is 15.1. The summed E-state index contributed by atoms with van der Waals surface area (Å²) in [5.74, 6) is 0.718. The van der Waals surface area contributed by atoms with Crippen LogP contribution in [0.5, 0.6) is 0 Å². The maximum absolute atomic E-state index is 13.0. The number of anilines is 1. The number of aromatic nitrogens is 4. The van der Waals surface area contributed by atoms with Gasteiger partial charge in [0.1, 0.15) is 0 Å². The van der Waals surface area contributed by atoms with Gasteiger partial charge in [0.15, 0.2) is 0 Å². The second-order valence-electron chi connectivity index (χ2n) is 9.92. The van der Waals surface area contributed by atoms with Crippen molar-refractivity contribution in [1.82, 2.24) is 25.4 Å². The van der Waals surface area contributed by atoms with E-state index in [0.717, 1.165) is 34.0 Å². The summed E-state index contributed by atoms with van der Waals surface area (Å²) in [5.41, 5.74) is 4.53. The molecule has 11 heteroatoms. The first-order chi connectivity index (χ1) is 20.9. The number of sulfonamides is 1. The number of aliphatic hydroxyl groups is 1. The van der Waals surface area contributed by atoms with Crippen molar-refractivity contribution in [3.05, 3.63) is 121 Å². The molecule has 1 atom stereocenters. The molecule has 10 nitrogen and oxygen atoms in total. The molecule has 0 saturated heterocycles. The van der Waals surface area contributed by atoms with Crippen molar-refractivity contribution in [1.29, 1.82) is 0 Å². The summed E-state index contributed by atoms with van der Waals surface area (Å²) in [5, 5.41) is 18.5. The molecule has 3 N–H and O–H groups in total. The summed E-state index contributed by atoms with van der Waals surface area (Å²) in [4.78, 5) is 12.9. The lowest BCUT2D eigenvalue weighted by molar-refractivity contribution is 0.174. The van der Waals surface area contributed by atoms with E-state index in [1.165, 1.54) is 12.1 Å². The Balaban J connectivity index is 1.04. The molecule has 0 fully saturated rings. The van der Waals surface area contributed by atoms with Gasteiger partial charge >= 0.3 is 0 Å². The number of rotatable bonds is 11. The van der Waals surface area contributed by atoms with Crippen LogP contribution in [0.15, 0.2) is 119 Å². The van der Waals surface area contributed by atoms with Crippen molar-refractivity contribution in [2.75, 3.05) is 17.8 Å². The molecular weight excluding hydrogens is 564 g/mol. The normalized spacial score (nSPS) is 12.3. The van der Waals surface area contributed by atoms with Gasteiger partial charge in [0.25, 0.3) is 15.9 Å². The van der Waals surface area contributed by atoms with E-state index in [4.69, 9.17) is 4.52 Å². The van der Waals surface area contributed by atoms with Gasteiger partial charge in [0, 0.05) is 52.9 Å². The number of nitrogens with one attached hydrogen (secondary N) is 2. The van der Waals surface area contributed by atoms with Crippen LogP contribution in [0.4, 0.5) is 5.69 Å². The molecule has 0 bridgehead atoms. The number of pyridine rings is 2. The Morgan fingerprint density at radius 2 is 1.67 bits per heavy atom. The lowest BCUT2D eigenvalue weighted by atomic mass is 10.1. The van der Waals surface area contributed by atoms with Crippen LogP contribution in [0.3, 0.4) is 0 Å². The summed E-state index contributed by atoms with van der Waals surface area (Å²) < 4.78 is 34.1. The zero-order chi connectivity index (χ0) is 29.6. The van der Waals surface area contributed by atoms with Crippen molar-refractivity contribution < 1.29 is 18.0 Å². The Labute approximate surface area is 248 Å². The van der Waals surface area contributed by atoms with Gasteiger partial charge in [-0.25, -0.2) is 8.42 Å². The van der Waals surface area contributed by atoms with E-state index in [0.29, 0.717) is 36.1 Å². The average molecular weight is 593 g/mol. The molecule has 1 unspecified atom stereocenters. The zero-order valence-electron chi connectivity index (χ0n) is 23.0. The van der Waals surface area contributed by atoms with E-state index in [1.54, 1.807) is 48.9 Å². The van der Waals surface area contributed by atoms with Gasteiger partial charge in [-0.3, -0.25) is 14.7 Å². The van der Waals surface area contributed by atoms with Crippen molar-refractivity contribution in [2.45, 2.75) is 17.4 Å². The minimum atomic E-state index is -3.81. The van der Waals surface area contributed by atoms with Crippen molar-refractivity contribution in [3.8, 4) is 22.8 Å². The molecule has 3 heterocycles. The topological polar surface area (TPSA) is 143 Å². The van der Waals surface area contributed by atoms with E-state index in [-0.39, 0.29) is 4.90 Å². The van der Waals surface area contributed by atoms with Crippen LogP contribution >= 0.6 is 0 Å². The predicted octanol–water partition coefficient (Wildman–Crippen LogP) is 5.01. The zero-order valence-corrected chi connectivity index (χ0v) is 23.8. The first-order valence-electron chi connectivity index (χ1n) is 13.6. The lowest BCUT2D eigenvalue weighted by Gasteiger charge is -2.12. The van der Waals surface area contributed by atoms with Gasteiger partial charge in [0.2, 0.25) is 5.82 Å². The van der Waals surface area contributed by atoms with Crippen LogP contribution < -0.4 is 10.0 Å². The molecule has 0 spiro atoms. The minimum Gasteiger partial charge on any atom is -0.387 e. The fraction of sp³-hybridized carbons (Fsp3) is 0.125. The summed E-state index contributed by atoms with van der Waals surface area (Å²) in [6.07, 6.45) is 5.16. The molecule has 0 aliphatic heterocycles. The highest BCUT2D eigenvalue weighted by molar-refractivity contribution is 7.92. The quantitative estimate of drug-likeness (QED) is 0.177. The Kier molecular flexibility index (Phi) is 8.18. The molecule has 3 aromatic heterocycles. The molecule has 0 radical (unpaired) electrons. The highest BCUT2D eigenvalue weighted by Crippen LogP contribution is 2.26. The third kappa shape index (κ3) is 6.75. The standard InChI is InChI=1S/C32H28N6O4S/c39-30(26-4-1-16-33-20-26)21-34-18-15-22-5-10-27(11-6-22)38-43(40,41)28-12-7-23(8-13-28)31-36-32(42-37-31)25-9-14-29-24(19-25)3-2-17-35-29/h1-14,16-17,19-20,30,34,38-39H,15,18,21H2. The maximum Gasteiger partial charge on any atom is 0.261 e. The van der Waals surface area contributed by atoms with E-state index in [9.17, 15) is 13.5 Å². The number of nitrogens with zero attached hydrogens (tertiary/aromatic N) is 4. The molecule has 216 valence electrons. The molecule has 0 aliphatic carbocycles. The highest BCUT2D eigenvalue weighted by atomic mass is 32.2. The largest absolute Gasteiger partial charge is 0.387 e. The van der Waals surface area contributed by atoms with Gasteiger partial charge in [-0.15, -0.1) is 0 Å². The number of hydrogen-bond acceptors (Lipinski definition) is 9. The highest BCUT2D eigenvalue weighted by Gasteiger charge is 2.16. The SMILES string of the molecule is O=S(=O)(Nc1ccc(CCNCC(O)c2cccnc2)cc1)c1ccc(-c2noc(-c3ccc4ncccc4c3)n2)cc1. The predicted molar refractivity (Wildman–Crippen MR) is 163 cm³/mol. The molecule has 43 heavy (non-hydrogen) atoms. The third-order valence-corrected chi connectivity index (χ3v) is 8.30. The minimum absolute atomic E-state index is 0.113. The van der Waals surface area contributed by atoms with Gasteiger partial charge < -0.3 is 14.9 Å². The van der Waals surface area contributed by atoms with Gasteiger partial charge in [-0.1, -0.05) is 29.4 Å². The third-order valence-electron chi connectivity index (χ3n) is 6.90. The average Bonchev–Trinajstić information content (AvgIpc) is 3.54. The van der Waals surface area contributed by atoms with Crippen LogP contribution in [-0.2, 0) is 16.4 Å². The van der Waals surface area contributed by atoms with Crippen LogP contribution in [0.2, 0.25) is 0 Å². The summed E-state index contributed by atoms with van der Waals surface area (Å²) in [7, 11) is -3.81. The molecule has 0 amide bonds. The van der Waals surface area contributed by atoms with Gasteiger partial charge in [-0.05, 0) is 85.3 Å². The molecule has 0 saturated carbocycles. The van der Waals surface area contributed by atoms with E-state index in [1.807, 2.05) is 48.5 Å². The van der Waals surface area contributed by atoms with Crippen molar-refractivity contribution in [3.63, 3.8) is 0 Å². The van der Waals surface area contributed by atoms with Gasteiger partial charge in [0.05, 0.1) is 16.5 Å². The smallest absolute Gasteiger partial charge is 0.261 e. The molecule has 3 aromatic carbocycles. The summed E-state index contributed by atoms with van der Waals surface area (Å²) in [6.45, 7) is 1.08. The Morgan fingerprint density at radius 3 is 2.47 bits per heavy atom. The second kappa shape index (κ2) is 12.5. The van der Waals surface area contributed by atoms with Crippen molar-refractivity contribution in [2.24, 2.45) is 0 Å². The van der Waals surface area contributed by atoms with Crippen LogP contribution in [0.1, 0.15) is 17.2 Å². The summed E-state index contributed by atoms with van der Waals surface area (Å²) >= 11 is 0. The Hall–Kier alpha value is -4.97. The summed E-state index contributed by atoms with van der Waals surface area (Å²) in [6, 6.07) is 26.7. The van der Waals surface area contributed by atoms with E-state index in [2.05, 4.69) is 30.1 Å². The first kappa shape index (κ1) is 28.2. The monoisotopic (exact) mass is 592 g/mol. The Morgan fingerprint density at radius 1 is 0.884 bits per heavy atom. The number of fused-ring (bicyclic) bond motifs is 1. The van der Waals surface area contributed by atoms with Gasteiger partial charge in [-0.2, -0.15) is 4.98 Å². The number of aliphatic hydroxyl groups excluding tert-OH is 1. The van der Waals surface area contributed by atoms with Crippen LogP contribution in [0.25, 0.3) is 33.7 Å². The molecular formula is C32H28N6O4S. The lowest BCUT2D eigenvalue weighted by Crippen LogP contribution is -2.23. The molecule has 6 rings (SSSR count). The van der Waals surface area contributed by atoms with E-state index >= 15 is 0 Å². The Bertz CT molecular complexity index is 1930. The maximum atomic E-state index is 13.0. The number of benzene rings is 3. The fourth-order valence-electron chi connectivity index (χ4n) is 4.57. The second-order valence-corrected chi connectivity index (χ2v) is 11.6. The molecule has 0 aliphatic rings. The fourth-order valence-corrected chi connectivity index (χ4v) is 5.62. The number of hydrogen-bond donors (Lipinski definition) is 3. The molecule has 6 aromatic rings. The van der Waals surface area contributed by atoms with E-state index < -0.39 is 16.1 Å². The van der Waals surface area contributed by atoms with Crippen LogP contribution in [-0.4, -0.2) is 46.7 Å². The van der Waals surface area contributed by atoms with Crippen LogP contribution in [0, 0.1) is 0 Å².